The molecule has 0 aliphatic carbocycles. The summed E-state index contributed by atoms with van der Waals surface area (Å²) in [7, 11) is 0. The van der Waals surface area contributed by atoms with E-state index in [-0.39, 0.29) is 6.04 Å². The van der Waals surface area contributed by atoms with Gasteiger partial charge in [0, 0.05) is 6.54 Å². The van der Waals surface area contributed by atoms with Crippen LogP contribution in [0.4, 0.5) is 4.79 Å². The molecule has 109 valence electrons. The second kappa shape index (κ2) is 7.48. The SMILES string of the molecule is [CH2]CC(c1ccccc1)N(CCc1ccccc1)C(N)=O. The first-order valence-electron chi connectivity index (χ1n) is 7.16. The Morgan fingerprint density at radius 3 is 2.14 bits per heavy atom. The maximum absolute atomic E-state index is 11.8. The first-order valence-corrected chi connectivity index (χ1v) is 7.16. The van der Waals surface area contributed by atoms with Crippen LogP contribution in [0.5, 0.6) is 0 Å². The molecule has 1 radical (unpaired) electrons. The second-order valence-corrected chi connectivity index (χ2v) is 4.98. The summed E-state index contributed by atoms with van der Waals surface area (Å²) in [5.74, 6) is 0. The summed E-state index contributed by atoms with van der Waals surface area (Å²) in [6.45, 7) is 4.56. The van der Waals surface area contributed by atoms with Crippen LogP contribution < -0.4 is 5.73 Å². The van der Waals surface area contributed by atoms with Crippen molar-refractivity contribution >= 4 is 6.03 Å². The molecular weight excluding hydrogens is 260 g/mol. The predicted molar refractivity (Wildman–Crippen MR) is 85.6 cm³/mol. The van der Waals surface area contributed by atoms with Crippen LogP contribution in [-0.4, -0.2) is 17.5 Å². The number of urea groups is 1. The van der Waals surface area contributed by atoms with Gasteiger partial charge in [-0.05, 0) is 24.0 Å². The summed E-state index contributed by atoms with van der Waals surface area (Å²) >= 11 is 0. The minimum Gasteiger partial charge on any atom is -0.351 e. The van der Waals surface area contributed by atoms with Gasteiger partial charge in [0.05, 0.1) is 6.04 Å². The van der Waals surface area contributed by atoms with Crippen molar-refractivity contribution in [2.24, 2.45) is 5.73 Å². The molecule has 0 bridgehead atoms. The summed E-state index contributed by atoms with van der Waals surface area (Å²) in [5, 5.41) is 0. The maximum Gasteiger partial charge on any atom is 0.315 e. The van der Waals surface area contributed by atoms with Crippen LogP contribution in [0.2, 0.25) is 0 Å². The molecule has 0 aliphatic heterocycles. The van der Waals surface area contributed by atoms with Crippen molar-refractivity contribution in [1.82, 2.24) is 4.90 Å². The lowest BCUT2D eigenvalue weighted by atomic mass is 10.0. The summed E-state index contributed by atoms with van der Waals surface area (Å²) in [6, 6.07) is 19.5. The minimum absolute atomic E-state index is 0.0765. The lowest BCUT2D eigenvalue weighted by Crippen LogP contribution is -2.40. The van der Waals surface area contributed by atoms with Gasteiger partial charge in [0.1, 0.15) is 0 Å². The Hall–Kier alpha value is -2.29. The van der Waals surface area contributed by atoms with Gasteiger partial charge in [-0.25, -0.2) is 4.79 Å². The Morgan fingerprint density at radius 2 is 1.62 bits per heavy atom. The molecule has 2 aromatic carbocycles. The number of hydrogen-bond donors (Lipinski definition) is 1. The first-order chi connectivity index (χ1) is 10.2. The highest BCUT2D eigenvalue weighted by Gasteiger charge is 2.21. The smallest absolute Gasteiger partial charge is 0.315 e. The van der Waals surface area contributed by atoms with Crippen LogP contribution in [0.25, 0.3) is 0 Å². The Morgan fingerprint density at radius 1 is 1.05 bits per heavy atom. The fourth-order valence-corrected chi connectivity index (χ4v) is 2.49. The van der Waals surface area contributed by atoms with Crippen molar-refractivity contribution in [2.75, 3.05) is 6.54 Å². The van der Waals surface area contributed by atoms with E-state index in [1.165, 1.54) is 5.56 Å². The molecule has 2 aromatic rings. The van der Waals surface area contributed by atoms with E-state index in [9.17, 15) is 4.79 Å². The van der Waals surface area contributed by atoms with Gasteiger partial charge in [-0.15, -0.1) is 0 Å². The van der Waals surface area contributed by atoms with Crippen LogP contribution >= 0.6 is 0 Å². The van der Waals surface area contributed by atoms with Gasteiger partial charge in [0.15, 0.2) is 0 Å². The van der Waals surface area contributed by atoms with Gasteiger partial charge in [0.25, 0.3) is 0 Å². The number of carbonyl (C=O) groups is 1. The van der Waals surface area contributed by atoms with Crippen molar-refractivity contribution in [3.8, 4) is 0 Å². The monoisotopic (exact) mass is 281 g/mol. The molecule has 0 aliphatic rings. The minimum atomic E-state index is -0.400. The number of carbonyl (C=O) groups excluding carboxylic acids is 1. The quantitative estimate of drug-likeness (QED) is 0.864. The molecule has 1 unspecified atom stereocenters. The molecule has 0 spiro atoms. The average Bonchev–Trinajstić information content (AvgIpc) is 2.53. The van der Waals surface area contributed by atoms with E-state index in [1.807, 2.05) is 48.5 Å². The van der Waals surface area contributed by atoms with Gasteiger partial charge >= 0.3 is 6.03 Å². The molecule has 3 nitrogen and oxygen atoms in total. The lowest BCUT2D eigenvalue weighted by molar-refractivity contribution is 0.184. The van der Waals surface area contributed by atoms with Crippen molar-refractivity contribution in [3.05, 3.63) is 78.7 Å². The highest BCUT2D eigenvalue weighted by atomic mass is 16.2. The Bertz CT molecular complexity index is 554. The summed E-state index contributed by atoms with van der Waals surface area (Å²) < 4.78 is 0. The van der Waals surface area contributed by atoms with Gasteiger partial charge in [-0.2, -0.15) is 0 Å². The number of nitrogens with zero attached hydrogens (tertiary/aromatic N) is 1. The Labute approximate surface area is 126 Å². The van der Waals surface area contributed by atoms with E-state index in [0.29, 0.717) is 13.0 Å². The van der Waals surface area contributed by atoms with Crippen LogP contribution in [0, 0.1) is 6.92 Å². The van der Waals surface area contributed by atoms with E-state index in [4.69, 9.17) is 5.73 Å². The predicted octanol–water partition coefficient (Wildman–Crippen LogP) is 3.58. The highest BCUT2D eigenvalue weighted by molar-refractivity contribution is 5.72. The number of rotatable bonds is 6. The summed E-state index contributed by atoms with van der Waals surface area (Å²) in [5.41, 5.74) is 7.84. The third-order valence-electron chi connectivity index (χ3n) is 3.60. The molecule has 2 N–H and O–H groups in total. The molecule has 0 saturated heterocycles. The summed E-state index contributed by atoms with van der Waals surface area (Å²) in [6.07, 6.45) is 1.38. The van der Waals surface area contributed by atoms with E-state index in [1.54, 1.807) is 4.90 Å². The zero-order valence-electron chi connectivity index (χ0n) is 12.1. The van der Waals surface area contributed by atoms with Crippen molar-refractivity contribution in [2.45, 2.75) is 18.9 Å². The standard InChI is InChI=1S/C18H21N2O/c1-2-17(16-11-7-4-8-12-16)20(18(19)21)14-13-15-9-5-3-6-10-15/h3-12,17H,1-2,13-14H2,(H2,19,21). The van der Waals surface area contributed by atoms with Gasteiger partial charge in [0.2, 0.25) is 0 Å². The fourth-order valence-electron chi connectivity index (χ4n) is 2.49. The van der Waals surface area contributed by atoms with Crippen molar-refractivity contribution < 1.29 is 4.79 Å². The maximum atomic E-state index is 11.8. The van der Waals surface area contributed by atoms with Crippen LogP contribution in [0.15, 0.2) is 60.7 Å². The van der Waals surface area contributed by atoms with Crippen molar-refractivity contribution in [3.63, 3.8) is 0 Å². The molecule has 2 rings (SSSR count). The van der Waals surface area contributed by atoms with Gasteiger partial charge in [-0.1, -0.05) is 67.6 Å². The Balaban J connectivity index is 2.12. The molecule has 0 heterocycles. The number of hydrogen-bond acceptors (Lipinski definition) is 1. The first kappa shape index (κ1) is 15.1. The lowest BCUT2D eigenvalue weighted by Gasteiger charge is -2.30. The third-order valence-corrected chi connectivity index (χ3v) is 3.60. The molecular formula is C18H21N2O. The van der Waals surface area contributed by atoms with Gasteiger partial charge < -0.3 is 10.6 Å². The zero-order chi connectivity index (χ0) is 15.1. The second-order valence-electron chi connectivity index (χ2n) is 4.98. The molecule has 0 saturated carbocycles. The highest BCUT2D eigenvalue weighted by Crippen LogP contribution is 2.24. The number of primary amides is 1. The number of nitrogens with two attached hydrogens (primary N) is 1. The molecule has 1 atom stereocenters. The Kier molecular flexibility index (Phi) is 5.38. The van der Waals surface area contributed by atoms with E-state index >= 15 is 0 Å². The van der Waals surface area contributed by atoms with E-state index in [2.05, 4.69) is 19.1 Å². The third kappa shape index (κ3) is 4.09. The fraction of sp³-hybridized carbons (Fsp3) is 0.222. The number of amides is 2. The van der Waals surface area contributed by atoms with E-state index < -0.39 is 6.03 Å². The van der Waals surface area contributed by atoms with Crippen LogP contribution in [-0.2, 0) is 6.42 Å². The summed E-state index contributed by atoms with van der Waals surface area (Å²) in [4.78, 5) is 13.5. The number of benzene rings is 2. The topological polar surface area (TPSA) is 46.3 Å². The van der Waals surface area contributed by atoms with Crippen LogP contribution in [0.3, 0.4) is 0 Å². The zero-order valence-corrected chi connectivity index (χ0v) is 12.1. The van der Waals surface area contributed by atoms with Crippen LogP contribution in [0.1, 0.15) is 23.6 Å². The van der Waals surface area contributed by atoms with Gasteiger partial charge in [-0.3, -0.25) is 0 Å². The average molecular weight is 281 g/mol. The molecule has 0 aromatic heterocycles. The largest absolute Gasteiger partial charge is 0.351 e. The molecule has 21 heavy (non-hydrogen) atoms. The van der Waals surface area contributed by atoms with Crippen molar-refractivity contribution in [1.29, 1.82) is 0 Å². The molecule has 3 heteroatoms. The molecule has 2 amide bonds. The molecule has 0 fully saturated rings. The normalized spacial score (nSPS) is 11.9. The van der Waals surface area contributed by atoms with E-state index in [0.717, 1.165) is 12.0 Å².